The summed E-state index contributed by atoms with van der Waals surface area (Å²) in [6.07, 6.45) is 2.43. The minimum Gasteiger partial charge on any atom is -0.326 e. The molecule has 2 nitrogen and oxygen atoms in total. The Hall–Kier alpha value is -0.0800. The smallest absolute Gasteiger partial charge is 0.0185 e. The Labute approximate surface area is 82.5 Å². The molecule has 0 aromatic carbocycles. The lowest BCUT2D eigenvalue weighted by molar-refractivity contribution is 0.166. The van der Waals surface area contributed by atoms with E-state index in [0.717, 1.165) is 18.9 Å². The fourth-order valence-electron chi connectivity index (χ4n) is 2.17. The summed E-state index contributed by atoms with van der Waals surface area (Å²) >= 11 is 0. The maximum absolute atomic E-state index is 5.97. The molecule has 1 aliphatic heterocycles. The van der Waals surface area contributed by atoms with Crippen LogP contribution in [0.4, 0.5) is 0 Å². The first-order chi connectivity index (χ1) is 5.92. The van der Waals surface area contributed by atoms with Crippen LogP contribution in [0, 0.1) is 5.92 Å². The van der Waals surface area contributed by atoms with E-state index in [4.69, 9.17) is 5.73 Å². The highest BCUT2D eigenvalue weighted by Crippen LogP contribution is 2.27. The third-order valence-electron chi connectivity index (χ3n) is 3.05. The first-order valence-corrected chi connectivity index (χ1v) is 5.42. The van der Waals surface area contributed by atoms with Gasteiger partial charge in [-0.3, -0.25) is 4.90 Å². The highest BCUT2D eigenvalue weighted by Gasteiger charge is 2.35. The van der Waals surface area contributed by atoms with E-state index in [1.165, 1.54) is 13.0 Å². The van der Waals surface area contributed by atoms with E-state index in [0.29, 0.717) is 11.6 Å². The van der Waals surface area contributed by atoms with Gasteiger partial charge in [0, 0.05) is 18.1 Å². The molecule has 0 radical (unpaired) electrons. The Morgan fingerprint density at radius 3 is 2.46 bits per heavy atom. The normalized spacial score (nSPS) is 28.6. The van der Waals surface area contributed by atoms with Crippen LogP contribution in [0.3, 0.4) is 0 Å². The zero-order chi connectivity index (χ0) is 10.1. The molecular formula is C11H24N2. The van der Waals surface area contributed by atoms with Crippen molar-refractivity contribution in [3.63, 3.8) is 0 Å². The number of hydrogen-bond acceptors (Lipinski definition) is 2. The van der Waals surface area contributed by atoms with Crippen molar-refractivity contribution in [3.8, 4) is 0 Å². The summed E-state index contributed by atoms with van der Waals surface area (Å²) < 4.78 is 0. The maximum atomic E-state index is 5.97. The lowest BCUT2D eigenvalue weighted by atomic mass is 10.00. The standard InChI is InChI=1S/C11H24N2/c1-9(2)5-6-13-8-10(12)7-11(13,3)4/h9-10H,5-8,12H2,1-4H3. The second-order valence-corrected chi connectivity index (χ2v) is 5.41. The van der Waals surface area contributed by atoms with E-state index in [2.05, 4.69) is 32.6 Å². The SMILES string of the molecule is CC(C)CCN1CC(N)CC1(C)C. The van der Waals surface area contributed by atoms with Crippen molar-refractivity contribution in [2.24, 2.45) is 11.7 Å². The molecule has 0 spiro atoms. The molecule has 13 heavy (non-hydrogen) atoms. The largest absolute Gasteiger partial charge is 0.326 e. The highest BCUT2D eigenvalue weighted by molar-refractivity contribution is 4.94. The Morgan fingerprint density at radius 1 is 1.46 bits per heavy atom. The summed E-state index contributed by atoms with van der Waals surface area (Å²) in [7, 11) is 0. The topological polar surface area (TPSA) is 29.3 Å². The van der Waals surface area contributed by atoms with Crippen LogP contribution in [0.25, 0.3) is 0 Å². The van der Waals surface area contributed by atoms with Gasteiger partial charge in [0.15, 0.2) is 0 Å². The molecule has 0 saturated carbocycles. The average Bonchev–Trinajstić information content (AvgIpc) is 2.19. The average molecular weight is 184 g/mol. The van der Waals surface area contributed by atoms with Gasteiger partial charge in [0.1, 0.15) is 0 Å². The highest BCUT2D eigenvalue weighted by atomic mass is 15.2. The predicted octanol–water partition coefficient (Wildman–Crippen LogP) is 1.84. The second-order valence-electron chi connectivity index (χ2n) is 5.41. The number of likely N-dealkylation sites (tertiary alicyclic amines) is 1. The molecule has 1 aliphatic rings. The van der Waals surface area contributed by atoms with Crippen molar-refractivity contribution in [1.82, 2.24) is 4.90 Å². The molecule has 78 valence electrons. The molecule has 0 amide bonds. The van der Waals surface area contributed by atoms with Gasteiger partial charge in [-0.05, 0) is 39.2 Å². The van der Waals surface area contributed by atoms with E-state index in [9.17, 15) is 0 Å². The van der Waals surface area contributed by atoms with Crippen LogP contribution in [-0.4, -0.2) is 29.6 Å². The summed E-state index contributed by atoms with van der Waals surface area (Å²) in [4.78, 5) is 2.54. The Kier molecular flexibility index (Phi) is 3.36. The van der Waals surface area contributed by atoms with Gasteiger partial charge in [-0.15, -0.1) is 0 Å². The van der Waals surface area contributed by atoms with E-state index < -0.39 is 0 Å². The van der Waals surface area contributed by atoms with Crippen LogP contribution in [0.5, 0.6) is 0 Å². The van der Waals surface area contributed by atoms with Gasteiger partial charge < -0.3 is 5.73 Å². The number of rotatable bonds is 3. The van der Waals surface area contributed by atoms with Crippen LogP contribution >= 0.6 is 0 Å². The molecule has 1 unspecified atom stereocenters. The Morgan fingerprint density at radius 2 is 2.08 bits per heavy atom. The van der Waals surface area contributed by atoms with E-state index in [1.807, 2.05) is 0 Å². The van der Waals surface area contributed by atoms with E-state index in [-0.39, 0.29) is 0 Å². The molecule has 2 N–H and O–H groups in total. The monoisotopic (exact) mass is 184 g/mol. The van der Waals surface area contributed by atoms with Crippen molar-refractivity contribution in [3.05, 3.63) is 0 Å². The summed E-state index contributed by atoms with van der Waals surface area (Å²) in [6.45, 7) is 11.5. The van der Waals surface area contributed by atoms with Gasteiger partial charge in [0.2, 0.25) is 0 Å². The molecule has 0 aromatic rings. The van der Waals surface area contributed by atoms with Crippen LogP contribution in [0.15, 0.2) is 0 Å². The fourth-order valence-corrected chi connectivity index (χ4v) is 2.17. The quantitative estimate of drug-likeness (QED) is 0.725. The van der Waals surface area contributed by atoms with Crippen LogP contribution in [0.1, 0.15) is 40.5 Å². The van der Waals surface area contributed by atoms with Gasteiger partial charge in [-0.25, -0.2) is 0 Å². The number of hydrogen-bond donors (Lipinski definition) is 1. The molecule has 1 heterocycles. The lowest BCUT2D eigenvalue weighted by Crippen LogP contribution is -2.39. The van der Waals surface area contributed by atoms with Crippen LogP contribution in [-0.2, 0) is 0 Å². The van der Waals surface area contributed by atoms with Crippen LogP contribution < -0.4 is 5.73 Å². The summed E-state index contributed by atoms with van der Waals surface area (Å²) in [5.74, 6) is 0.799. The molecule has 1 rings (SSSR count). The molecule has 0 aliphatic carbocycles. The van der Waals surface area contributed by atoms with E-state index in [1.54, 1.807) is 0 Å². The van der Waals surface area contributed by atoms with Crippen molar-refractivity contribution >= 4 is 0 Å². The minimum absolute atomic E-state index is 0.328. The van der Waals surface area contributed by atoms with Crippen molar-refractivity contribution in [2.75, 3.05) is 13.1 Å². The lowest BCUT2D eigenvalue weighted by Gasteiger charge is -2.31. The Balaban J connectivity index is 2.41. The van der Waals surface area contributed by atoms with Crippen molar-refractivity contribution < 1.29 is 0 Å². The molecule has 2 heteroatoms. The molecule has 1 atom stereocenters. The predicted molar refractivity (Wildman–Crippen MR) is 57.7 cm³/mol. The summed E-state index contributed by atoms with van der Waals surface area (Å²) in [5, 5.41) is 0. The molecule has 0 aromatic heterocycles. The molecule has 1 saturated heterocycles. The number of nitrogens with two attached hydrogens (primary N) is 1. The van der Waals surface area contributed by atoms with Crippen molar-refractivity contribution in [2.45, 2.75) is 52.1 Å². The van der Waals surface area contributed by atoms with Gasteiger partial charge in [0.05, 0.1) is 0 Å². The van der Waals surface area contributed by atoms with Crippen molar-refractivity contribution in [1.29, 1.82) is 0 Å². The molecule has 0 bridgehead atoms. The molecular weight excluding hydrogens is 160 g/mol. The van der Waals surface area contributed by atoms with Gasteiger partial charge in [-0.1, -0.05) is 13.8 Å². The van der Waals surface area contributed by atoms with Gasteiger partial charge in [-0.2, -0.15) is 0 Å². The second kappa shape index (κ2) is 3.97. The summed E-state index contributed by atoms with van der Waals surface area (Å²) in [5.41, 5.74) is 6.29. The fraction of sp³-hybridized carbons (Fsp3) is 1.00. The zero-order valence-electron chi connectivity index (χ0n) is 9.51. The first-order valence-electron chi connectivity index (χ1n) is 5.42. The molecule has 1 fully saturated rings. The van der Waals surface area contributed by atoms with Gasteiger partial charge in [0.25, 0.3) is 0 Å². The number of nitrogens with zero attached hydrogens (tertiary/aromatic N) is 1. The van der Waals surface area contributed by atoms with Crippen LogP contribution in [0.2, 0.25) is 0 Å². The van der Waals surface area contributed by atoms with Gasteiger partial charge >= 0.3 is 0 Å². The van der Waals surface area contributed by atoms with E-state index >= 15 is 0 Å². The maximum Gasteiger partial charge on any atom is 0.0185 e. The minimum atomic E-state index is 0.328. The third-order valence-corrected chi connectivity index (χ3v) is 3.05. The first kappa shape index (κ1) is 11.0. The Bertz CT molecular complexity index is 163. The third kappa shape index (κ3) is 2.96. The summed E-state index contributed by atoms with van der Waals surface area (Å²) in [6, 6.07) is 0.391. The zero-order valence-corrected chi connectivity index (χ0v) is 9.51.